The van der Waals surface area contributed by atoms with Crippen LogP contribution in [0.2, 0.25) is 0 Å². The zero-order chi connectivity index (χ0) is 12.7. The van der Waals surface area contributed by atoms with Gasteiger partial charge in [-0.05, 0) is 13.8 Å². The maximum Gasteiger partial charge on any atom is 0.277 e. The summed E-state index contributed by atoms with van der Waals surface area (Å²) in [4.78, 5) is 13.5. The molecule has 1 amide bonds. The van der Waals surface area contributed by atoms with Crippen LogP contribution in [0.25, 0.3) is 0 Å². The van der Waals surface area contributed by atoms with Gasteiger partial charge in [0.25, 0.3) is 5.22 Å². The minimum absolute atomic E-state index is 0. The molecule has 0 aromatic carbocycles. The van der Waals surface area contributed by atoms with Gasteiger partial charge >= 0.3 is 0 Å². The largest absolute Gasteiger partial charge is 1.00 e. The molecule has 0 saturated heterocycles. The molecule has 1 rings (SSSR count). The third kappa shape index (κ3) is 5.24. The van der Waals surface area contributed by atoms with Crippen molar-refractivity contribution in [3.63, 3.8) is 0 Å². The smallest absolute Gasteiger partial charge is 0.277 e. The van der Waals surface area contributed by atoms with Gasteiger partial charge in [0.2, 0.25) is 11.8 Å². The normalized spacial score (nSPS) is 9.94. The van der Waals surface area contributed by atoms with Gasteiger partial charge in [-0.15, -0.1) is 10.2 Å². The number of rotatable bonds is 7. The molecular formula is C10H18ClN4O2S-. The first-order chi connectivity index (χ1) is 8.21. The fourth-order valence-electron chi connectivity index (χ4n) is 1.31. The number of carbonyl (C=O) groups is 1. The lowest BCUT2D eigenvalue weighted by Crippen LogP contribution is -3.00. The molecule has 0 unspecified atom stereocenters. The van der Waals surface area contributed by atoms with E-state index in [0.29, 0.717) is 29.8 Å². The molecule has 0 spiro atoms. The molecule has 0 aliphatic carbocycles. The number of thioether (sulfide) groups is 1. The van der Waals surface area contributed by atoms with Crippen LogP contribution in [0.4, 0.5) is 0 Å². The molecule has 0 atom stereocenters. The van der Waals surface area contributed by atoms with E-state index in [1.165, 1.54) is 11.8 Å². The van der Waals surface area contributed by atoms with Crippen molar-refractivity contribution >= 4 is 17.7 Å². The van der Waals surface area contributed by atoms with Gasteiger partial charge in [0.05, 0.1) is 5.75 Å². The second-order valence-electron chi connectivity index (χ2n) is 3.36. The molecule has 104 valence electrons. The van der Waals surface area contributed by atoms with Gasteiger partial charge in [-0.3, -0.25) is 4.79 Å². The lowest BCUT2D eigenvalue weighted by atomic mass is 10.4. The maximum absolute atomic E-state index is 11.7. The Morgan fingerprint density at radius 3 is 2.61 bits per heavy atom. The van der Waals surface area contributed by atoms with Crippen LogP contribution in [-0.4, -0.2) is 46.4 Å². The topological polar surface area (TPSA) is 85.2 Å². The molecule has 1 heterocycles. The van der Waals surface area contributed by atoms with Crippen LogP contribution < -0.4 is 18.1 Å². The first kappa shape index (κ1) is 17.2. The first-order valence-corrected chi connectivity index (χ1v) is 6.62. The molecule has 0 fully saturated rings. The van der Waals surface area contributed by atoms with Crippen molar-refractivity contribution in [3.8, 4) is 0 Å². The monoisotopic (exact) mass is 293 g/mol. The number of hydrogen-bond donors (Lipinski definition) is 1. The second kappa shape index (κ2) is 9.18. The zero-order valence-corrected chi connectivity index (χ0v) is 12.1. The molecule has 0 bridgehead atoms. The van der Waals surface area contributed by atoms with Crippen LogP contribution in [0.3, 0.4) is 0 Å². The Balaban J connectivity index is 0.00000289. The first-order valence-electron chi connectivity index (χ1n) is 5.64. The number of amides is 1. The Morgan fingerprint density at radius 1 is 1.39 bits per heavy atom. The lowest BCUT2D eigenvalue weighted by molar-refractivity contribution is -0.127. The zero-order valence-electron chi connectivity index (χ0n) is 10.6. The van der Waals surface area contributed by atoms with E-state index in [9.17, 15) is 4.79 Å². The molecule has 0 radical (unpaired) electrons. The van der Waals surface area contributed by atoms with Crippen molar-refractivity contribution in [1.29, 1.82) is 0 Å². The average molecular weight is 294 g/mol. The van der Waals surface area contributed by atoms with E-state index >= 15 is 0 Å². The van der Waals surface area contributed by atoms with E-state index in [2.05, 4.69) is 10.2 Å². The fraction of sp³-hybridized carbons (Fsp3) is 0.700. The van der Waals surface area contributed by atoms with Gasteiger partial charge < -0.3 is 27.5 Å². The molecule has 0 saturated carbocycles. The standard InChI is InChI=1S/C10H18N4O2S.ClH/c1-3-14(4-2)9(15)7-17-10-13-12-8(16-10)5-6-11;/h3-7,11H2,1-2H3;1H/p-1. The number of aromatic nitrogens is 2. The maximum atomic E-state index is 11.7. The van der Waals surface area contributed by atoms with Crippen molar-refractivity contribution in [2.45, 2.75) is 25.5 Å². The van der Waals surface area contributed by atoms with Gasteiger partial charge in [-0.25, -0.2) is 0 Å². The molecule has 2 N–H and O–H groups in total. The lowest BCUT2D eigenvalue weighted by Gasteiger charge is -2.17. The summed E-state index contributed by atoms with van der Waals surface area (Å²) in [5, 5.41) is 8.09. The highest BCUT2D eigenvalue weighted by Crippen LogP contribution is 2.16. The predicted octanol–water partition coefficient (Wildman–Crippen LogP) is -2.46. The molecule has 6 nitrogen and oxygen atoms in total. The van der Waals surface area contributed by atoms with Crippen molar-refractivity contribution in [3.05, 3.63) is 5.89 Å². The highest BCUT2D eigenvalue weighted by Gasteiger charge is 2.12. The molecule has 8 heteroatoms. The molecular weight excluding hydrogens is 276 g/mol. The van der Waals surface area contributed by atoms with E-state index in [-0.39, 0.29) is 18.3 Å². The Labute approximate surface area is 117 Å². The molecule has 0 aliphatic rings. The quantitative estimate of drug-likeness (QED) is 0.561. The van der Waals surface area contributed by atoms with E-state index in [1.807, 2.05) is 13.8 Å². The number of hydrogen-bond acceptors (Lipinski definition) is 6. The highest BCUT2D eigenvalue weighted by atomic mass is 35.5. The summed E-state index contributed by atoms with van der Waals surface area (Å²) in [6, 6.07) is 0. The van der Waals surface area contributed by atoms with Crippen molar-refractivity contribution < 1.29 is 21.6 Å². The molecule has 0 aliphatic heterocycles. The number of halogens is 1. The molecule has 18 heavy (non-hydrogen) atoms. The van der Waals surface area contributed by atoms with E-state index in [0.717, 1.165) is 13.1 Å². The van der Waals surface area contributed by atoms with Crippen LogP contribution in [0.15, 0.2) is 9.64 Å². The third-order valence-electron chi connectivity index (χ3n) is 2.24. The minimum Gasteiger partial charge on any atom is -1.00 e. The van der Waals surface area contributed by atoms with Crippen LogP contribution in [-0.2, 0) is 11.2 Å². The Kier molecular flexibility index (Phi) is 8.78. The Hall–Kier alpha value is -0.790. The second-order valence-corrected chi connectivity index (χ2v) is 4.28. The summed E-state index contributed by atoms with van der Waals surface area (Å²) in [5.41, 5.74) is 5.37. The van der Waals surface area contributed by atoms with Crippen LogP contribution in [0.5, 0.6) is 0 Å². The SMILES string of the molecule is CCN(CC)C(=O)CSc1nnc(CCN)o1.[Cl-]. The van der Waals surface area contributed by atoms with Crippen LogP contribution in [0.1, 0.15) is 19.7 Å². The summed E-state index contributed by atoms with van der Waals surface area (Å²) in [6.07, 6.45) is 0.567. The van der Waals surface area contributed by atoms with Crippen molar-refractivity contribution in [2.75, 3.05) is 25.4 Å². The Morgan fingerprint density at radius 2 is 2.06 bits per heavy atom. The highest BCUT2D eigenvalue weighted by molar-refractivity contribution is 7.99. The number of nitrogens with zero attached hydrogens (tertiary/aromatic N) is 3. The summed E-state index contributed by atoms with van der Waals surface area (Å²) in [5.74, 6) is 0.926. The van der Waals surface area contributed by atoms with E-state index < -0.39 is 0 Å². The third-order valence-corrected chi connectivity index (χ3v) is 3.04. The fourth-order valence-corrected chi connectivity index (χ4v) is 2.00. The van der Waals surface area contributed by atoms with Crippen LogP contribution >= 0.6 is 11.8 Å². The number of carbonyl (C=O) groups excluding carboxylic acids is 1. The van der Waals surface area contributed by atoms with E-state index in [4.69, 9.17) is 10.2 Å². The summed E-state index contributed by atoms with van der Waals surface area (Å²) >= 11 is 1.26. The van der Waals surface area contributed by atoms with Gasteiger partial charge in [-0.2, -0.15) is 0 Å². The van der Waals surface area contributed by atoms with Gasteiger partial charge in [0, 0.05) is 26.1 Å². The molecule has 1 aromatic rings. The Bertz CT molecular complexity index is 357. The van der Waals surface area contributed by atoms with Crippen molar-refractivity contribution in [2.24, 2.45) is 5.73 Å². The van der Waals surface area contributed by atoms with E-state index in [1.54, 1.807) is 4.90 Å². The van der Waals surface area contributed by atoms with Gasteiger partial charge in [0.15, 0.2) is 0 Å². The number of nitrogens with two attached hydrogens (primary N) is 1. The van der Waals surface area contributed by atoms with Gasteiger partial charge in [0.1, 0.15) is 0 Å². The predicted molar refractivity (Wildman–Crippen MR) is 65.7 cm³/mol. The van der Waals surface area contributed by atoms with Crippen molar-refractivity contribution in [1.82, 2.24) is 15.1 Å². The van der Waals surface area contributed by atoms with Gasteiger partial charge in [-0.1, -0.05) is 11.8 Å². The summed E-state index contributed by atoms with van der Waals surface area (Å²) < 4.78 is 5.31. The minimum atomic E-state index is 0. The summed E-state index contributed by atoms with van der Waals surface area (Å²) in [7, 11) is 0. The molecule has 1 aromatic heterocycles. The summed E-state index contributed by atoms with van der Waals surface area (Å²) in [6.45, 7) is 5.83. The van der Waals surface area contributed by atoms with Crippen LogP contribution in [0, 0.1) is 0 Å². The average Bonchev–Trinajstić information content (AvgIpc) is 2.76.